The van der Waals surface area contributed by atoms with E-state index in [1.807, 2.05) is 51.1 Å². The molecule has 4 heteroatoms. The summed E-state index contributed by atoms with van der Waals surface area (Å²) < 4.78 is 5.58. The minimum absolute atomic E-state index is 0.0204. The van der Waals surface area contributed by atoms with Crippen LogP contribution in [0.1, 0.15) is 42.5 Å². The largest absolute Gasteiger partial charge is 0.464 e. The summed E-state index contributed by atoms with van der Waals surface area (Å²) in [7, 11) is 0. The van der Waals surface area contributed by atoms with Crippen molar-refractivity contribution in [2.75, 3.05) is 5.32 Å². The van der Waals surface area contributed by atoms with Gasteiger partial charge in [-0.25, -0.2) is 0 Å². The fourth-order valence-electron chi connectivity index (χ4n) is 2.57. The molecule has 3 rings (SSSR count). The van der Waals surface area contributed by atoms with E-state index in [0.717, 1.165) is 28.3 Å². The minimum Gasteiger partial charge on any atom is -0.464 e. The van der Waals surface area contributed by atoms with Crippen molar-refractivity contribution < 1.29 is 9.21 Å². The number of aryl methyl sites for hydroxylation is 1. The Balaban J connectivity index is 2.02. The van der Waals surface area contributed by atoms with Crippen molar-refractivity contribution in [1.29, 1.82) is 0 Å². The van der Waals surface area contributed by atoms with Gasteiger partial charge in [-0.3, -0.25) is 4.79 Å². The maximum Gasteiger partial charge on any atom is 0.234 e. The van der Waals surface area contributed by atoms with Crippen LogP contribution in [0.2, 0.25) is 0 Å². The third kappa shape index (κ3) is 1.84. The van der Waals surface area contributed by atoms with Crippen molar-refractivity contribution in [1.82, 2.24) is 0 Å². The second kappa shape index (κ2) is 4.21. The van der Waals surface area contributed by atoms with Crippen molar-refractivity contribution in [3.63, 3.8) is 0 Å². The Morgan fingerprint density at radius 1 is 1.25 bits per heavy atom. The molecule has 1 aromatic heterocycles. The molecule has 1 aliphatic rings. The van der Waals surface area contributed by atoms with Crippen molar-refractivity contribution in [3.8, 4) is 0 Å². The Kier molecular flexibility index (Phi) is 2.73. The average molecular weight is 270 g/mol. The van der Waals surface area contributed by atoms with Gasteiger partial charge in [-0.1, -0.05) is 12.1 Å². The third-order valence-electron chi connectivity index (χ3n) is 3.96. The molecule has 2 aromatic rings. The number of hydrogen-bond donors (Lipinski definition) is 2. The molecule has 0 spiro atoms. The minimum atomic E-state index is -0.524. The van der Waals surface area contributed by atoms with E-state index < -0.39 is 5.41 Å². The van der Waals surface area contributed by atoms with Crippen LogP contribution in [0.4, 0.5) is 5.69 Å². The number of anilines is 1. The number of carbonyl (C=O) groups excluding carboxylic acids is 1. The van der Waals surface area contributed by atoms with Gasteiger partial charge in [0.2, 0.25) is 5.91 Å². The highest BCUT2D eigenvalue weighted by atomic mass is 16.3. The topological polar surface area (TPSA) is 68.3 Å². The lowest BCUT2D eigenvalue weighted by atomic mass is 9.84. The molecule has 1 unspecified atom stereocenters. The van der Waals surface area contributed by atoms with Crippen LogP contribution in [-0.4, -0.2) is 5.91 Å². The summed E-state index contributed by atoms with van der Waals surface area (Å²) >= 11 is 0. The Labute approximate surface area is 118 Å². The monoisotopic (exact) mass is 270 g/mol. The Hall–Kier alpha value is -2.07. The summed E-state index contributed by atoms with van der Waals surface area (Å²) in [4.78, 5) is 11.9. The molecule has 1 atom stereocenters. The van der Waals surface area contributed by atoms with Crippen molar-refractivity contribution >= 4 is 11.6 Å². The zero-order chi connectivity index (χ0) is 14.5. The first kappa shape index (κ1) is 12.9. The summed E-state index contributed by atoms with van der Waals surface area (Å²) in [6.45, 7) is 5.73. The van der Waals surface area contributed by atoms with Crippen LogP contribution in [-0.2, 0) is 10.2 Å². The summed E-state index contributed by atoms with van der Waals surface area (Å²) in [6, 6.07) is 9.31. The number of nitrogens with two attached hydrogens (primary N) is 1. The fraction of sp³-hybridized carbons (Fsp3) is 0.312. The maximum atomic E-state index is 11.9. The highest BCUT2D eigenvalue weighted by Gasteiger charge is 2.38. The third-order valence-corrected chi connectivity index (χ3v) is 3.96. The van der Waals surface area contributed by atoms with E-state index in [4.69, 9.17) is 10.2 Å². The fourth-order valence-corrected chi connectivity index (χ4v) is 2.57. The van der Waals surface area contributed by atoms with E-state index >= 15 is 0 Å². The van der Waals surface area contributed by atoms with Crippen molar-refractivity contribution in [2.24, 2.45) is 5.73 Å². The van der Waals surface area contributed by atoms with Gasteiger partial charge in [-0.05, 0) is 50.1 Å². The summed E-state index contributed by atoms with van der Waals surface area (Å²) in [5.41, 5.74) is 8.52. The molecule has 0 saturated heterocycles. The Bertz CT molecular complexity index is 686. The molecular weight excluding hydrogens is 252 g/mol. The van der Waals surface area contributed by atoms with E-state index in [2.05, 4.69) is 5.32 Å². The van der Waals surface area contributed by atoms with Crippen LogP contribution in [0.25, 0.3) is 0 Å². The standard InChI is InChI=1S/C16H18N2O2/c1-9-4-7-13(20-9)14(17)10-5-6-12-11(8-10)16(2,3)15(19)18-12/h4-8,14H,17H2,1-3H3,(H,18,19). The molecule has 0 bridgehead atoms. The first-order valence-electron chi connectivity index (χ1n) is 6.67. The van der Waals surface area contributed by atoms with Crippen LogP contribution in [0, 0.1) is 6.92 Å². The van der Waals surface area contributed by atoms with E-state index in [1.165, 1.54) is 0 Å². The van der Waals surface area contributed by atoms with Crippen molar-refractivity contribution in [2.45, 2.75) is 32.2 Å². The van der Waals surface area contributed by atoms with Crippen LogP contribution < -0.4 is 11.1 Å². The van der Waals surface area contributed by atoms with Gasteiger partial charge in [-0.2, -0.15) is 0 Å². The van der Waals surface area contributed by atoms with Gasteiger partial charge in [0.15, 0.2) is 0 Å². The molecule has 3 N–H and O–H groups in total. The molecule has 0 aliphatic carbocycles. The zero-order valence-electron chi connectivity index (χ0n) is 11.9. The number of rotatable bonds is 2. The molecule has 2 heterocycles. The second-order valence-electron chi connectivity index (χ2n) is 5.81. The first-order chi connectivity index (χ1) is 9.39. The van der Waals surface area contributed by atoms with Gasteiger partial charge in [0.05, 0.1) is 11.5 Å². The molecule has 4 nitrogen and oxygen atoms in total. The SMILES string of the molecule is Cc1ccc(C(N)c2ccc3c(c2)C(C)(C)C(=O)N3)o1. The Morgan fingerprint density at radius 2 is 2.00 bits per heavy atom. The lowest BCUT2D eigenvalue weighted by molar-refractivity contribution is -0.119. The average Bonchev–Trinajstić information content (AvgIpc) is 2.92. The molecule has 0 saturated carbocycles. The molecule has 1 aliphatic heterocycles. The smallest absolute Gasteiger partial charge is 0.234 e. The molecule has 0 fully saturated rings. The quantitative estimate of drug-likeness (QED) is 0.881. The number of nitrogens with one attached hydrogen (secondary N) is 1. The number of benzene rings is 1. The van der Waals surface area contributed by atoms with Gasteiger partial charge < -0.3 is 15.5 Å². The lowest BCUT2D eigenvalue weighted by Crippen LogP contribution is -2.27. The Morgan fingerprint density at radius 3 is 2.65 bits per heavy atom. The molecule has 0 radical (unpaired) electrons. The van der Waals surface area contributed by atoms with E-state index in [0.29, 0.717) is 0 Å². The summed E-state index contributed by atoms with van der Waals surface area (Å²) in [5, 5.41) is 2.89. The number of fused-ring (bicyclic) bond motifs is 1. The second-order valence-corrected chi connectivity index (χ2v) is 5.81. The molecule has 1 amide bonds. The van der Waals surface area contributed by atoms with Crippen LogP contribution in [0.5, 0.6) is 0 Å². The van der Waals surface area contributed by atoms with Gasteiger partial charge in [0.25, 0.3) is 0 Å². The predicted octanol–water partition coefficient (Wildman–Crippen LogP) is 2.87. The van der Waals surface area contributed by atoms with Gasteiger partial charge in [0, 0.05) is 5.69 Å². The number of hydrogen-bond acceptors (Lipinski definition) is 3. The normalized spacial score (nSPS) is 17.7. The first-order valence-corrected chi connectivity index (χ1v) is 6.67. The van der Waals surface area contributed by atoms with Crippen LogP contribution in [0.15, 0.2) is 34.7 Å². The van der Waals surface area contributed by atoms with E-state index in [-0.39, 0.29) is 11.9 Å². The maximum absolute atomic E-state index is 11.9. The zero-order valence-corrected chi connectivity index (χ0v) is 11.9. The van der Waals surface area contributed by atoms with Gasteiger partial charge >= 0.3 is 0 Å². The highest BCUT2D eigenvalue weighted by molar-refractivity contribution is 6.05. The lowest BCUT2D eigenvalue weighted by Gasteiger charge is -2.17. The van der Waals surface area contributed by atoms with Gasteiger partial charge in [-0.15, -0.1) is 0 Å². The molecule has 20 heavy (non-hydrogen) atoms. The molecule has 1 aromatic carbocycles. The van der Waals surface area contributed by atoms with E-state index in [9.17, 15) is 4.79 Å². The van der Waals surface area contributed by atoms with Crippen LogP contribution >= 0.6 is 0 Å². The summed E-state index contributed by atoms with van der Waals surface area (Å²) in [5.74, 6) is 1.60. The van der Waals surface area contributed by atoms with E-state index in [1.54, 1.807) is 0 Å². The molecular formula is C16H18N2O2. The molecule has 104 valence electrons. The van der Waals surface area contributed by atoms with Gasteiger partial charge in [0.1, 0.15) is 11.5 Å². The highest BCUT2D eigenvalue weighted by Crippen LogP contribution is 2.39. The number of carbonyl (C=O) groups is 1. The van der Waals surface area contributed by atoms with Crippen LogP contribution in [0.3, 0.4) is 0 Å². The number of furan rings is 1. The van der Waals surface area contributed by atoms with Crippen molar-refractivity contribution in [3.05, 3.63) is 53.0 Å². The summed E-state index contributed by atoms with van der Waals surface area (Å²) in [6.07, 6.45) is 0. The number of amides is 1. The predicted molar refractivity (Wildman–Crippen MR) is 77.6 cm³/mol.